The number of nitrogen functional groups attached to an aromatic ring is 1. The van der Waals surface area contributed by atoms with Crippen LogP contribution in [0.2, 0.25) is 0 Å². The van der Waals surface area contributed by atoms with Gasteiger partial charge in [-0.2, -0.15) is 10.1 Å². The van der Waals surface area contributed by atoms with E-state index in [0.717, 1.165) is 44.6 Å². The molecule has 90 valence electrons. The highest BCUT2D eigenvalue weighted by Gasteiger charge is 2.36. The van der Waals surface area contributed by atoms with Gasteiger partial charge in [-0.15, -0.1) is 0 Å². The van der Waals surface area contributed by atoms with Crippen molar-refractivity contribution in [2.75, 3.05) is 18.8 Å². The number of anilines is 1. The zero-order valence-corrected chi connectivity index (χ0v) is 10.2. The number of aromatic nitrogens is 3. The summed E-state index contributed by atoms with van der Waals surface area (Å²) in [6.45, 7) is 4.33. The van der Waals surface area contributed by atoms with Gasteiger partial charge in [-0.3, -0.25) is 0 Å². The summed E-state index contributed by atoms with van der Waals surface area (Å²) in [6, 6.07) is 0. The van der Waals surface area contributed by atoms with Gasteiger partial charge in [0.15, 0.2) is 5.82 Å². The van der Waals surface area contributed by atoms with Crippen molar-refractivity contribution >= 4 is 5.95 Å². The number of hydrogen-bond acceptors (Lipinski definition) is 4. The predicted octanol–water partition coefficient (Wildman–Crippen LogP) is 0.819. The van der Waals surface area contributed by atoms with Gasteiger partial charge < -0.3 is 11.1 Å². The van der Waals surface area contributed by atoms with Crippen LogP contribution in [0, 0.1) is 0 Å². The minimum Gasteiger partial charge on any atom is -0.368 e. The first kappa shape index (κ1) is 11.4. The topological polar surface area (TPSA) is 68.8 Å². The van der Waals surface area contributed by atoms with Crippen LogP contribution in [0.4, 0.5) is 5.95 Å². The van der Waals surface area contributed by atoms with Crippen LogP contribution in [-0.4, -0.2) is 27.9 Å². The summed E-state index contributed by atoms with van der Waals surface area (Å²) in [6.07, 6.45) is 4.55. The van der Waals surface area contributed by atoms with E-state index in [-0.39, 0.29) is 5.41 Å². The Kier molecular flexibility index (Phi) is 3.14. The van der Waals surface area contributed by atoms with E-state index in [2.05, 4.69) is 22.3 Å². The molecule has 0 atom stereocenters. The van der Waals surface area contributed by atoms with Gasteiger partial charge >= 0.3 is 0 Å². The van der Waals surface area contributed by atoms with E-state index in [1.807, 2.05) is 7.05 Å². The molecule has 1 saturated heterocycles. The molecule has 0 aliphatic carbocycles. The lowest BCUT2D eigenvalue weighted by atomic mass is 9.75. The van der Waals surface area contributed by atoms with Gasteiger partial charge in [0.25, 0.3) is 0 Å². The third kappa shape index (κ3) is 1.91. The molecule has 1 aliphatic rings. The Balaban J connectivity index is 2.30. The van der Waals surface area contributed by atoms with Crippen LogP contribution in [-0.2, 0) is 12.5 Å². The zero-order valence-electron chi connectivity index (χ0n) is 10.2. The van der Waals surface area contributed by atoms with Crippen LogP contribution in [0.25, 0.3) is 0 Å². The molecule has 5 nitrogen and oxygen atoms in total. The first-order valence-corrected chi connectivity index (χ1v) is 6.06. The Morgan fingerprint density at radius 1 is 1.44 bits per heavy atom. The molecule has 2 rings (SSSR count). The third-order valence-corrected chi connectivity index (χ3v) is 3.56. The molecule has 1 aromatic heterocycles. The number of nitrogens with zero attached hydrogens (tertiary/aromatic N) is 3. The minimum atomic E-state index is 0.148. The Bertz CT molecular complexity index is 326. The summed E-state index contributed by atoms with van der Waals surface area (Å²) in [5.41, 5.74) is 5.92. The maximum atomic E-state index is 5.78. The minimum absolute atomic E-state index is 0.148. The van der Waals surface area contributed by atoms with E-state index in [1.54, 1.807) is 4.68 Å². The van der Waals surface area contributed by atoms with Gasteiger partial charge in [-0.05, 0) is 32.4 Å². The lowest BCUT2D eigenvalue weighted by Crippen LogP contribution is -2.40. The molecule has 3 N–H and O–H groups in total. The molecule has 0 amide bonds. The number of nitrogens with one attached hydrogen (secondary N) is 1. The van der Waals surface area contributed by atoms with Crippen LogP contribution in [0.15, 0.2) is 0 Å². The highest BCUT2D eigenvalue weighted by molar-refractivity contribution is 5.21. The fourth-order valence-corrected chi connectivity index (χ4v) is 2.59. The van der Waals surface area contributed by atoms with Crippen molar-refractivity contribution in [2.45, 2.75) is 38.0 Å². The normalized spacial score (nSPS) is 19.9. The summed E-state index contributed by atoms with van der Waals surface area (Å²) in [4.78, 5) is 4.43. The standard InChI is InChI=1S/C11H21N5/c1-3-4-11(5-7-13-8-6-11)9-14-10(12)16(2)15-9/h13H,3-8H2,1-2H3,(H2,12,14,15). The number of nitrogens with two attached hydrogens (primary N) is 1. The first-order chi connectivity index (χ1) is 7.68. The number of hydrogen-bond donors (Lipinski definition) is 2. The van der Waals surface area contributed by atoms with Gasteiger partial charge in [0.2, 0.25) is 5.95 Å². The molecule has 1 aliphatic heterocycles. The second-order valence-electron chi connectivity index (χ2n) is 4.70. The van der Waals surface area contributed by atoms with Crippen LogP contribution in [0.1, 0.15) is 38.4 Å². The second-order valence-corrected chi connectivity index (χ2v) is 4.70. The first-order valence-electron chi connectivity index (χ1n) is 6.06. The molecule has 1 aromatic rings. The average molecular weight is 223 g/mol. The van der Waals surface area contributed by atoms with Crippen LogP contribution < -0.4 is 11.1 Å². The summed E-state index contributed by atoms with van der Waals surface area (Å²) in [7, 11) is 1.85. The predicted molar refractivity (Wildman–Crippen MR) is 64.1 cm³/mol. The third-order valence-electron chi connectivity index (χ3n) is 3.56. The molecular weight excluding hydrogens is 202 g/mol. The van der Waals surface area contributed by atoms with E-state index in [1.165, 1.54) is 0 Å². The number of rotatable bonds is 3. The average Bonchev–Trinajstić information content (AvgIpc) is 2.62. The highest BCUT2D eigenvalue weighted by Crippen LogP contribution is 2.36. The largest absolute Gasteiger partial charge is 0.368 e. The van der Waals surface area contributed by atoms with E-state index in [9.17, 15) is 0 Å². The van der Waals surface area contributed by atoms with Gasteiger partial charge in [0.05, 0.1) is 0 Å². The molecule has 1 fully saturated rings. The molecule has 0 aromatic carbocycles. The molecule has 0 saturated carbocycles. The van der Waals surface area contributed by atoms with Crippen molar-refractivity contribution in [1.29, 1.82) is 0 Å². The van der Waals surface area contributed by atoms with Crippen molar-refractivity contribution in [3.05, 3.63) is 5.82 Å². The van der Waals surface area contributed by atoms with E-state index < -0.39 is 0 Å². The maximum Gasteiger partial charge on any atom is 0.218 e. The lowest BCUT2D eigenvalue weighted by molar-refractivity contribution is 0.270. The number of piperidine rings is 1. The van der Waals surface area contributed by atoms with Gasteiger partial charge in [-0.1, -0.05) is 13.3 Å². The quantitative estimate of drug-likeness (QED) is 0.796. The summed E-state index contributed by atoms with van der Waals surface area (Å²) in [5.74, 6) is 1.46. The van der Waals surface area contributed by atoms with Gasteiger partial charge in [-0.25, -0.2) is 4.68 Å². The highest BCUT2D eigenvalue weighted by atomic mass is 15.4. The summed E-state index contributed by atoms with van der Waals surface area (Å²) >= 11 is 0. The second kappa shape index (κ2) is 4.41. The fourth-order valence-electron chi connectivity index (χ4n) is 2.59. The van der Waals surface area contributed by atoms with Crippen molar-refractivity contribution in [2.24, 2.45) is 7.05 Å². The number of aryl methyl sites for hydroxylation is 1. The molecular formula is C11H21N5. The zero-order chi connectivity index (χ0) is 11.6. The monoisotopic (exact) mass is 223 g/mol. The summed E-state index contributed by atoms with van der Waals surface area (Å²) in [5, 5.41) is 7.87. The van der Waals surface area contributed by atoms with Crippen molar-refractivity contribution < 1.29 is 0 Å². The van der Waals surface area contributed by atoms with Crippen LogP contribution >= 0.6 is 0 Å². The van der Waals surface area contributed by atoms with Crippen LogP contribution in [0.5, 0.6) is 0 Å². The van der Waals surface area contributed by atoms with Crippen molar-refractivity contribution in [3.63, 3.8) is 0 Å². The molecule has 5 heteroatoms. The van der Waals surface area contributed by atoms with Gasteiger partial charge in [0.1, 0.15) is 0 Å². The summed E-state index contributed by atoms with van der Waals surface area (Å²) < 4.78 is 1.68. The Labute approximate surface area is 96.4 Å². The lowest BCUT2D eigenvalue weighted by Gasteiger charge is -2.35. The molecule has 0 spiro atoms. The Morgan fingerprint density at radius 2 is 2.12 bits per heavy atom. The molecule has 2 heterocycles. The van der Waals surface area contributed by atoms with Crippen LogP contribution in [0.3, 0.4) is 0 Å². The molecule has 0 unspecified atom stereocenters. The Morgan fingerprint density at radius 3 is 2.62 bits per heavy atom. The molecule has 0 radical (unpaired) electrons. The van der Waals surface area contributed by atoms with E-state index in [0.29, 0.717) is 5.95 Å². The van der Waals surface area contributed by atoms with Crippen molar-refractivity contribution in [1.82, 2.24) is 20.1 Å². The maximum absolute atomic E-state index is 5.78. The smallest absolute Gasteiger partial charge is 0.218 e. The van der Waals surface area contributed by atoms with Gasteiger partial charge in [0, 0.05) is 12.5 Å². The Hall–Kier alpha value is -1.10. The van der Waals surface area contributed by atoms with Crippen molar-refractivity contribution in [3.8, 4) is 0 Å². The molecule has 0 bridgehead atoms. The van der Waals surface area contributed by atoms with E-state index in [4.69, 9.17) is 5.73 Å². The molecule has 16 heavy (non-hydrogen) atoms. The SMILES string of the molecule is CCCC1(c2nc(N)n(C)n2)CCNCC1. The fraction of sp³-hybridized carbons (Fsp3) is 0.818. The van der Waals surface area contributed by atoms with E-state index >= 15 is 0 Å².